The number of nitrogens with zero attached hydrogens (tertiary/aromatic N) is 4. The number of benzene rings is 2. The molecule has 174 valence electrons. The molecule has 1 aliphatic heterocycles. The van der Waals surface area contributed by atoms with E-state index in [1.54, 1.807) is 18.2 Å². The summed E-state index contributed by atoms with van der Waals surface area (Å²) in [5.74, 6) is 0.925. The standard InChI is InChI=1S/C26H26ClN5O2/c1-31(2)21-10-8-19(22(15-21)26(34)30-24-11-9-20(27)16-29-24)14-23(33)17-4-6-18(7-5-17)25-28-12-13-32(25)3/h4-11,15-16H,12-14H2,1-3H3,(H,29,30,34). The number of amides is 1. The van der Waals surface area contributed by atoms with Gasteiger partial charge >= 0.3 is 0 Å². The number of nitrogens with one attached hydrogen (secondary N) is 1. The number of hydrogen-bond acceptors (Lipinski definition) is 6. The van der Waals surface area contributed by atoms with Crippen LogP contribution in [0.3, 0.4) is 0 Å². The van der Waals surface area contributed by atoms with Gasteiger partial charge in [0.2, 0.25) is 0 Å². The molecule has 8 heteroatoms. The Labute approximate surface area is 204 Å². The molecule has 7 nitrogen and oxygen atoms in total. The molecule has 34 heavy (non-hydrogen) atoms. The van der Waals surface area contributed by atoms with Crippen molar-refractivity contribution in [2.45, 2.75) is 6.42 Å². The molecule has 0 atom stereocenters. The molecule has 4 rings (SSSR count). The topological polar surface area (TPSA) is 77.9 Å². The summed E-state index contributed by atoms with van der Waals surface area (Å²) in [5.41, 5.74) is 3.51. The highest BCUT2D eigenvalue weighted by Gasteiger charge is 2.19. The van der Waals surface area contributed by atoms with Gasteiger partial charge in [-0.05, 0) is 29.8 Å². The molecule has 1 N–H and O–H groups in total. The van der Waals surface area contributed by atoms with Gasteiger partial charge in [0.25, 0.3) is 5.91 Å². The number of pyridine rings is 1. The zero-order chi connectivity index (χ0) is 24.2. The first kappa shape index (κ1) is 23.4. The van der Waals surface area contributed by atoms with Gasteiger partial charge < -0.3 is 15.1 Å². The predicted octanol–water partition coefficient (Wildman–Crippen LogP) is 4.17. The van der Waals surface area contributed by atoms with Crippen LogP contribution in [0.5, 0.6) is 0 Å². The number of anilines is 2. The van der Waals surface area contributed by atoms with Crippen molar-refractivity contribution in [3.8, 4) is 0 Å². The van der Waals surface area contributed by atoms with Crippen molar-refractivity contribution in [1.29, 1.82) is 0 Å². The Morgan fingerprint density at radius 2 is 1.85 bits per heavy atom. The number of ketones is 1. The van der Waals surface area contributed by atoms with Crippen molar-refractivity contribution >= 4 is 40.6 Å². The van der Waals surface area contributed by atoms with E-state index in [1.165, 1.54) is 6.20 Å². The Hall–Kier alpha value is -3.71. The molecule has 3 aromatic rings. The lowest BCUT2D eigenvalue weighted by molar-refractivity contribution is 0.0992. The fourth-order valence-corrected chi connectivity index (χ4v) is 3.88. The van der Waals surface area contributed by atoms with Crippen LogP contribution in [0.25, 0.3) is 0 Å². The highest BCUT2D eigenvalue weighted by molar-refractivity contribution is 6.30. The minimum atomic E-state index is -0.334. The number of aromatic nitrogens is 1. The van der Waals surface area contributed by atoms with E-state index in [0.29, 0.717) is 27.5 Å². The third kappa shape index (κ3) is 5.26. The average Bonchev–Trinajstić information content (AvgIpc) is 3.26. The molecule has 1 aliphatic rings. The largest absolute Gasteiger partial charge is 0.378 e. The van der Waals surface area contributed by atoms with E-state index in [9.17, 15) is 9.59 Å². The van der Waals surface area contributed by atoms with E-state index in [4.69, 9.17) is 11.6 Å². The summed E-state index contributed by atoms with van der Waals surface area (Å²) in [4.78, 5) is 38.9. The van der Waals surface area contributed by atoms with Gasteiger partial charge in [-0.15, -0.1) is 0 Å². The minimum Gasteiger partial charge on any atom is -0.378 e. The lowest BCUT2D eigenvalue weighted by Crippen LogP contribution is -2.23. The molecular weight excluding hydrogens is 450 g/mol. The number of Topliss-reactive ketones (excluding diaryl/α,β-unsaturated/α-hetero) is 1. The van der Waals surface area contributed by atoms with Crippen LogP contribution in [0.15, 0.2) is 65.8 Å². The number of rotatable bonds is 7. The van der Waals surface area contributed by atoms with Crippen LogP contribution in [-0.2, 0) is 6.42 Å². The number of halogens is 1. The molecule has 0 aliphatic carbocycles. The molecule has 1 aromatic heterocycles. The summed E-state index contributed by atoms with van der Waals surface area (Å²) < 4.78 is 0. The Morgan fingerprint density at radius 1 is 1.09 bits per heavy atom. The van der Waals surface area contributed by atoms with Crippen molar-refractivity contribution in [2.24, 2.45) is 4.99 Å². The van der Waals surface area contributed by atoms with E-state index in [1.807, 2.05) is 62.4 Å². The van der Waals surface area contributed by atoms with Gasteiger partial charge in [0.05, 0.1) is 11.6 Å². The first-order valence-corrected chi connectivity index (χ1v) is 11.3. The second-order valence-electron chi connectivity index (χ2n) is 8.36. The maximum atomic E-state index is 13.1. The van der Waals surface area contributed by atoms with E-state index in [2.05, 4.69) is 20.2 Å². The summed E-state index contributed by atoms with van der Waals surface area (Å²) in [6.45, 7) is 1.68. The normalized spacial score (nSPS) is 12.9. The maximum absolute atomic E-state index is 13.1. The highest BCUT2D eigenvalue weighted by Crippen LogP contribution is 2.22. The Kier molecular flexibility index (Phi) is 6.93. The zero-order valence-corrected chi connectivity index (χ0v) is 20.1. The lowest BCUT2D eigenvalue weighted by Gasteiger charge is -2.17. The van der Waals surface area contributed by atoms with E-state index >= 15 is 0 Å². The lowest BCUT2D eigenvalue weighted by atomic mass is 9.97. The third-order valence-electron chi connectivity index (χ3n) is 5.70. The van der Waals surface area contributed by atoms with E-state index < -0.39 is 0 Å². The molecular formula is C26H26ClN5O2. The molecule has 2 heterocycles. The molecule has 0 spiro atoms. The number of hydrogen-bond donors (Lipinski definition) is 1. The fraction of sp³-hybridized carbons (Fsp3) is 0.231. The molecule has 0 saturated heterocycles. The summed E-state index contributed by atoms with van der Waals surface area (Å²) in [5, 5.41) is 3.27. The van der Waals surface area contributed by atoms with Crippen molar-refractivity contribution in [3.63, 3.8) is 0 Å². The summed E-state index contributed by atoms with van der Waals surface area (Å²) in [6, 6.07) is 16.3. The number of aliphatic imine (C=N–C) groups is 1. The van der Waals surface area contributed by atoms with Crippen LogP contribution in [0.4, 0.5) is 11.5 Å². The van der Waals surface area contributed by atoms with Crippen molar-refractivity contribution < 1.29 is 9.59 Å². The third-order valence-corrected chi connectivity index (χ3v) is 5.92. The monoisotopic (exact) mass is 475 g/mol. The van der Waals surface area contributed by atoms with Crippen LogP contribution >= 0.6 is 11.6 Å². The van der Waals surface area contributed by atoms with Crippen molar-refractivity contribution in [1.82, 2.24) is 9.88 Å². The second kappa shape index (κ2) is 10.1. The van der Waals surface area contributed by atoms with Gasteiger partial charge in [0.15, 0.2) is 5.78 Å². The fourth-order valence-electron chi connectivity index (χ4n) is 3.77. The first-order valence-electron chi connectivity index (χ1n) is 10.9. The molecule has 0 bridgehead atoms. The van der Waals surface area contributed by atoms with Gasteiger partial charge in [-0.25, -0.2) is 4.98 Å². The number of likely N-dealkylation sites (N-methyl/N-ethyl adjacent to an activating group) is 1. The van der Waals surface area contributed by atoms with Crippen LogP contribution in [0.1, 0.15) is 31.8 Å². The Bertz CT molecular complexity index is 1240. The number of carbonyl (C=O) groups is 2. The summed E-state index contributed by atoms with van der Waals surface area (Å²) >= 11 is 5.89. The van der Waals surface area contributed by atoms with Crippen LogP contribution in [0.2, 0.25) is 5.02 Å². The molecule has 0 fully saturated rings. The van der Waals surface area contributed by atoms with Gasteiger partial charge in [-0.3, -0.25) is 14.6 Å². The van der Waals surface area contributed by atoms with E-state index in [-0.39, 0.29) is 18.1 Å². The second-order valence-corrected chi connectivity index (χ2v) is 8.79. The van der Waals surface area contributed by atoms with Crippen molar-refractivity contribution in [2.75, 3.05) is 44.4 Å². The SMILES string of the molecule is CN1CCN=C1c1ccc(C(=O)Cc2ccc(N(C)C)cc2C(=O)Nc2ccc(Cl)cn2)cc1. The van der Waals surface area contributed by atoms with Gasteiger partial charge in [-0.1, -0.05) is 41.9 Å². The van der Waals surface area contributed by atoms with Gasteiger partial charge in [0, 0.05) is 62.7 Å². The van der Waals surface area contributed by atoms with Gasteiger partial charge in [0.1, 0.15) is 11.7 Å². The molecule has 0 unspecified atom stereocenters. The van der Waals surface area contributed by atoms with Crippen molar-refractivity contribution in [3.05, 3.63) is 88.1 Å². The highest BCUT2D eigenvalue weighted by atomic mass is 35.5. The summed E-state index contributed by atoms with van der Waals surface area (Å²) in [6.07, 6.45) is 1.57. The number of amidine groups is 1. The van der Waals surface area contributed by atoms with E-state index in [0.717, 1.165) is 30.2 Å². The quantitative estimate of drug-likeness (QED) is 0.519. The van der Waals surface area contributed by atoms with Crippen LogP contribution in [-0.4, -0.2) is 61.6 Å². The van der Waals surface area contributed by atoms with Gasteiger partial charge in [-0.2, -0.15) is 0 Å². The Morgan fingerprint density at radius 3 is 2.47 bits per heavy atom. The van der Waals surface area contributed by atoms with Crippen LogP contribution < -0.4 is 10.2 Å². The molecule has 0 radical (unpaired) electrons. The first-order chi connectivity index (χ1) is 16.3. The maximum Gasteiger partial charge on any atom is 0.257 e. The minimum absolute atomic E-state index is 0.0652. The molecule has 1 amide bonds. The predicted molar refractivity (Wildman–Crippen MR) is 136 cm³/mol. The zero-order valence-electron chi connectivity index (χ0n) is 19.4. The molecule has 2 aromatic carbocycles. The average molecular weight is 476 g/mol. The summed E-state index contributed by atoms with van der Waals surface area (Å²) in [7, 11) is 5.81. The smallest absolute Gasteiger partial charge is 0.257 e. The number of carbonyl (C=O) groups excluding carboxylic acids is 2. The Balaban J connectivity index is 1.56. The van der Waals surface area contributed by atoms with Crippen LogP contribution in [0, 0.1) is 0 Å². The molecule has 0 saturated carbocycles.